The first-order chi connectivity index (χ1) is 17.3. The maximum absolute atomic E-state index is 13.6. The molecule has 0 aliphatic heterocycles. The number of amides is 2. The van der Waals surface area contributed by atoms with Gasteiger partial charge in [0.2, 0.25) is 21.8 Å². The van der Waals surface area contributed by atoms with Crippen LogP contribution in [0.2, 0.25) is 0 Å². The fourth-order valence-corrected chi connectivity index (χ4v) is 4.51. The van der Waals surface area contributed by atoms with Crippen LogP contribution in [0.15, 0.2) is 42.5 Å². The number of methoxy groups -OCH3 is 1. The summed E-state index contributed by atoms with van der Waals surface area (Å²) < 4.78 is 44.9. The van der Waals surface area contributed by atoms with Crippen molar-refractivity contribution in [3.05, 3.63) is 64.0 Å². The first-order valence-corrected chi connectivity index (χ1v) is 13.3. The molecule has 0 fully saturated rings. The van der Waals surface area contributed by atoms with Crippen LogP contribution in [-0.2, 0) is 26.2 Å². The van der Waals surface area contributed by atoms with Gasteiger partial charge in [-0.15, -0.1) is 0 Å². The lowest BCUT2D eigenvalue weighted by atomic mass is 10.1. The number of hydrogen-bond donors (Lipinski definition) is 1. The van der Waals surface area contributed by atoms with Crippen molar-refractivity contribution >= 4 is 33.2 Å². The second-order valence-corrected chi connectivity index (χ2v) is 10.5. The number of hydrogen-bond acceptors (Lipinski definition) is 7. The summed E-state index contributed by atoms with van der Waals surface area (Å²) in [7, 11) is -2.88. The largest absolute Gasteiger partial charge is 0.495 e. The van der Waals surface area contributed by atoms with Gasteiger partial charge in [-0.2, -0.15) is 0 Å². The minimum atomic E-state index is -4.14. The standard InChI is InChI=1S/C24H31FN4O7S/c1-6-20(24(31)26-16(2)3)27(14-17-7-9-18(25)10-8-17)23(30)15-28(37(5,34)35)21-13-19(29(32)33)11-12-22(21)36-4/h7-13,16,20H,6,14-15H2,1-5H3,(H,26,31). The van der Waals surface area contributed by atoms with Gasteiger partial charge < -0.3 is 15.0 Å². The Morgan fingerprint density at radius 2 is 1.78 bits per heavy atom. The molecule has 2 amide bonds. The first-order valence-electron chi connectivity index (χ1n) is 11.4. The van der Waals surface area contributed by atoms with Crippen molar-refractivity contribution in [3.8, 4) is 5.75 Å². The van der Waals surface area contributed by atoms with Crippen molar-refractivity contribution in [1.29, 1.82) is 0 Å². The van der Waals surface area contributed by atoms with Crippen LogP contribution in [0.5, 0.6) is 5.75 Å². The Kier molecular flexibility index (Phi) is 9.95. The highest BCUT2D eigenvalue weighted by Crippen LogP contribution is 2.34. The van der Waals surface area contributed by atoms with Gasteiger partial charge in [0.1, 0.15) is 29.8 Å². The molecule has 1 N–H and O–H groups in total. The fourth-order valence-electron chi connectivity index (χ4n) is 3.67. The van der Waals surface area contributed by atoms with Gasteiger partial charge in [0.15, 0.2) is 0 Å². The monoisotopic (exact) mass is 538 g/mol. The van der Waals surface area contributed by atoms with Crippen molar-refractivity contribution in [1.82, 2.24) is 10.2 Å². The smallest absolute Gasteiger partial charge is 0.271 e. The van der Waals surface area contributed by atoms with E-state index in [4.69, 9.17) is 4.74 Å². The molecule has 0 aliphatic carbocycles. The minimum Gasteiger partial charge on any atom is -0.495 e. The second kappa shape index (κ2) is 12.5. The summed E-state index contributed by atoms with van der Waals surface area (Å²) in [5, 5.41) is 14.1. The van der Waals surface area contributed by atoms with E-state index in [1.807, 2.05) is 0 Å². The molecule has 2 aromatic carbocycles. The van der Waals surface area contributed by atoms with E-state index in [9.17, 15) is 32.5 Å². The maximum Gasteiger partial charge on any atom is 0.271 e. The van der Waals surface area contributed by atoms with Crippen molar-refractivity contribution in [2.45, 2.75) is 45.8 Å². The van der Waals surface area contributed by atoms with Crippen LogP contribution in [0.4, 0.5) is 15.8 Å². The summed E-state index contributed by atoms with van der Waals surface area (Å²) in [6.45, 7) is 4.36. The predicted octanol–water partition coefficient (Wildman–Crippen LogP) is 2.84. The molecular formula is C24H31FN4O7S. The van der Waals surface area contributed by atoms with Gasteiger partial charge in [0.05, 0.1) is 18.3 Å². The Morgan fingerprint density at radius 1 is 1.16 bits per heavy atom. The van der Waals surface area contributed by atoms with Crippen molar-refractivity contribution < 1.29 is 32.1 Å². The van der Waals surface area contributed by atoms with Gasteiger partial charge in [0.25, 0.3) is 5.69 Å². The molecule has 0 saturated carbocycles. The molecule has 1 unspecified atom stereocenters. The Labute approximate surface area is 215 Å². The van der Waals surface area contributed by atoms with Crippen LogP contribution in [0.25, 0.3) is 0 Å². The molecule has 37 heavy (non-hydrogen) atoms. The number of carbonyl (C=O) groups is 2. The lowest BCUT2D eigenvalue weighted by molar-refractivity contribution is -0.384. The van der Waals surface area contributed by atoms with Crippen LogP contribution >= 0.6 is 0 Å². The van der Waals surface area contributed by atoms with E-state index in [0.29, 0.717) is 9.87 Å². The molecule has 1 atom stereocenters. The summed E-state index contributed by atoms with van der Waals surface area (Å²) in [4.78, 5) is 38.4. The highest BCUT2D eigenvalue weighted by atomic mass is 32.2. The number of nitrogens with one attached hydrogen (secondary N) is 1. The number of sulfonamides is 1. The highest BCUT2D eigenvalue weighted by molar-refractivity contribution is 7.92. The highest BCUT2D eigenvalue weighted by Gasteiger charge is 2.33. The third-order valence-corrected chi connectivity index (χ3v) is 6.53. The number of nitro groups is 1. The zero-order chi connectivity index (χ0) is 27.9. The Balaban J connectivity index is 2.55. The van der Waals surface area contributed by atoms with Gasteiger partial charge >= 0.3 is 0 Å². The number of benzene rings is 2. The van der Waals surface area contributed by atoms with Gasteiger partial charge in [-0.3, -0.25) is 24.0 Å². The molecular weight excluding hydrogens is 507 g/mol. The molecule has 0 aliphatic rings. The summed E-state index contributed by atoms with van der Waals surface area (Å²) in [6.07, 6.45) is 1.07. The number of nitrogens with zero attached hydrogens (tertiary/aromatic N) is 3. The van der Waals surface area contributed by atoms with Crippen molar-refractivity contribution in [2.75, 3.05) is 24.2 Å². The topological polar surface area (TPSA) is 139 Å². The molecule has 2 aromatic rings. The molecule has 202 valence electrons. The number of halogens is 1. The van der Waals surface area contributed by atoms with E-state index in [1.54, 1.807) is 20.8 Å². The average Bonchev–Trinajstić information content (AvgIpc) is 2.81. The van der Waals surface area contributed by atoms with Crippen molar-refractivity contribution in [3.63, 3.8) is 0 Å². The lowest BCUT2D eigenvalue weighted by Gasteiger charge is -2.33. The van der Waals surface area contributed by atoms with E-state index in [-0.39, 0.29) is 30.4 Å². The molecule has 0 radical (unpaired) electrons. The van der Waals surface area contributed by atoms with Gasteiger partial charge in [0, 0.05) is 24.7 Å². The normalized spacial score (nSPS) is 12.1. The third kappa shape index (κ3) is 7.87. The predicted molar refractivity (Wildman–Crippen MR) is 136 cm³/mol. The SMILES string of the molecule is CCC(C(=O)NC(C)C)N(Cc1ccc(F)cc1)C(=O)CN(c1cc([N+](=O)[O-])ccc1OC)S(C)(=O)=O. The van der Waals surface area contributed by atoms with E-state index >= 15 is 0 Å². The number of ether oxygens (including phenoxy) is 1. The maximum atomic E-state index is 13.6. The molecule has 0 bridgehead atoms. The molecule has 13 heteroatoms. The van der Waals surface area contributed by atoms with E-state index in [0.717, 1.165) is 18.4 Å². The second-order valence-electron chi connectivity index (χ2n) is 8.62. The summed E-state index contributed by atoms with van der Waals surface area (Å²) >= 11 is 0. The summed E-state index contributed by atoms with van der Waals surface area (Å²) in [5.74, 6) is -1.66. The van der Waals surface area contributed by atoms with Crippen molar-refractivity contribution in [2.24, 2.45) is 0 Å². The van der Waals surface area contributed by atoms with Crippen LogP contribution < -0.4 is 14.4 Å². The third-order valence-electron chi connectivity index (χ3n) is 5.40. The summed E-state index contributed by atoms with van der Waals surface area (Å²) in [5.41, 5.74) is -0.0823. The average molecular weight is 539 g/mol. The number of nitro benzene ring substituents is 1. The number of anilines is 1. The molecule has 0 aromatic heterocycles. The van der Waals surface area contributed by atoms with E-state index in [1.165, 1.54) is 42.3 Å². The van der Waals surface area contributed by atoms with E-state index in [2.05, 4.69) is 5.32 Å². The summed E-state index contributed by atoms with van der Waals surface area (Å²) in [6, 6.07) is 7.54. The zero-order valence-electron chi connectivity index (χ0n) is 21.3. The Bertz CT molecular complexity index is 1240. The molecule has 2 rings (SSSR count). The van der Waals surface area contributed by atoms with Gasteiger partial charge in [-0.05, 0) is 44.0 Å². The van der Waals surface area contributed by atoms with Crippen LogP contribution in [-0.4, -0.2) is 62.0 Å². The van der Waals surface area contributed by atoms with Gasteiger partial charge in [-0.25, -0.2) is 12.8 Å². The number of non-ortho nitro benzene ring substituents is 1. The Morgan fingerprint density at radius 3 is 2.27 bits per heavy atom. The molecule has 0 saturated heterocycles. The number of carbonyl (C=O) groups excluding carboxylic acids is 2. The Hall–Kier alpha value is -3.74. The van der Waals surface area contributed by atoms with Gasteiger partial charge in [-0.1, -0.05) is 19.1 Å². The lowest BCUT2D eigenvalue weighted by Crippen LogP contribution is -2.53. The quantitative estimate of drug-likeness (QED) is 0.324. The van der Waals surface area contributed by atoms with E-state index < -0.39 is 50.9 Å². The molecule has 0 heterocycles. The van der Waals surface area contributed by atoms with Crippen LogP contribution in [0, 0.1) is 15.9 Å². The van der Waals surface area contributed by atoms with Crippen LogP contribution in [0.3, 0.4) is 0 Å². The number of rotatable bonds is 12. The first kappa shape index (κ1) is 29.5. The van der Waals surface area contributed by atoms with Crippen LogP contribution in [0.1, 0.15) is 32.8 Å². The zero-order valence-corrected chi connectivity index (χ0v) is 22.1. The molecule has 11 nitrogen and oxygen atoms in total. The molecule has 0 spiro atoms. The fraction of sp³-hybridized carbons (Fsp3) is 0.417. The minimum absolute atomic E-state index is 0.00139.